The van der Waals surface area contributed by atoms with E-state index < -0.39 is 10.0 Å². The van der Waals surface area contributed by atoms with Gasteiger partial charge in [-0.3, -0.25) is 9.69 Å². The van der Waals surface area contributed by atoms with Crippen molar-refractivity contribution >= 4 is 15.8 Å². The fourth-order valence-electron chi connectivity index (χ4n) is 3.03. The Hall–Kier alpha value is -1.18. The van der Waals surface area contributed by atoms with Crippen LogP contribution in [0.5, 0.6) is 0 Å². The molecule has 0 aromatic carbocycles. The lowest BCUT2D eigenvalue weighted by molar-refractivity contribution is 0.0887. The van der Waals surface area contributed by atoms with Crippen LogP contribution in [0.4, 0.5) is 0 Å². The van der Waals surface area contributed by atoms with Crippen molar-refractivity contribution < 1.29 is 13.2 Å². The molecule has 1 aromatic heterocycles. The number of piperidine rings is 1. The van der Waals surface area contributed by atoms with Crippen LogP contribution in [-0.2, 0) is 10.0 Å². The normalized spacial score (nSPS) is 20.2. The van der Waals surface area contributed by atoms with Crippen LogP contribution in [0.1, 0.15) is 34.6 Å². The molecule has 2 rings (SSSR count). The summed E-state index contributed by atoms with van der Waals surface area (Å²) in [5.41, 5.74) is 2.67. The molecular weight excluding hydrogens is 302 g/mol. The number of sulfonamides is 1. The number of ketones is 1. The smallest absolute Gasteiger partial charge is 0.208 e. The number of nitrogens with one attached hydrogen (secondary N) is 2. The third-order valence-electron chi connectivity index (χ3n) is 4.05. The van der Waals surface area contributed by atoms with Crippen LogP contribution in [0, 0.1) is 19.8 Å². The number of carbonyl (C=O) groups excluding carboxylic acids is 1. The van der Waals surface area contributed by atoms with Crippen molar-refractivity contribution in [2.24, 2.45) is 5.92 Å². The molecule has 7 heteroatoms. The zero-order chi connectivity index (χ0) is 16.3. The first-order valence-electron chi connectivity index (χ1n) is 7.61. The lowest BCUT2D eigenvalue weighted by Gasteiger charge is -2.32. The number of aromatic amines is 1. The van der Waals surface area contributed by atoms with Gasteiger partial charge in [0.2, 0.25) is 10.0 Å². The summed E-state index contributed by atoms with van der Waals surface area (Å²) >= 11 is 0. The Morgan fingerprint density at radius 1 is 1.45 bits per heavy atom. The number of rotatable bonds is 6. The molecule has 0 unspecified atom stereocenters. The summed E-state index contributed by atoms with van der Waals surface area (Å²) in [6.07, 6.45) is 3.16. The van der Waals surface area contributed by atoms with E-state index in [0.717, 1.165) is 42.9 Å². The summed E-state index contributed by atoms with van der Waals surface area (Å²) in [6, 6.07) is 1.89. The lowest BCUT2D eigenvalue weighted by Crippen LogP contribution is -2.42. The van der Waals surface area contributed by atoms with Crippen LogP contribution in [-0.4, -0.2) is 56.5 Å². The Morgan fingerprint density at radius 2 is 2.18 bits per heavy atom. The van der Waals surface area contributed by atoms with Crippen molar-refractivity contribution in [2.75, 3.05) is 32.4 Å². The van der Waals surface area contributed by atoms with Crippen molar-refractivity contribution in [3.63, 3.8) is 0 Å². The maximum absolute atomic E-state index is 12.4. The number of carbonyl (C=O) groups is 1. The molecule has 0 aliphatic carbocycles. The quantitative estimate of drug-likeness (QED) is 0.766. The largest absolute Gasteiger partial charge is 0.362 e. The Labute approximate surface area is 132 Å². The molecule has 0 saturated carbocycles. The monoisotopic (exact) mass is 327 g/mol. The third-order valence-corrected chi connectivity index (χ3v) is 4.75. The fourth-order valence-corrected chi connectivity index (χ4v) is 3.57. The van der Waals surface area contributed by atoms with E-state index in [1.807, 2.05) is 19.9 Å². The minimum absolute atomic E-state index is 0.124. The Kier molecular flexibility index (Phi) is 5.41. The second-order valence-corrected chi connectivity index (χ2v) is 8.11. The minimum Gasteiger partial charge on any atom is -0.362 e. The summed E-state index contributed by atoms with van der Waals surface area (Å²) in [6.45, 7) is 6.35. The van der Waals surface area contributed by atoms with E-state index in [1.54, 1.807) is 0 Å². The molecule has 0 radical (unpaired) electrons. The predicted molar refractivity (Wildman–Crippen MR) is 86.6 cm³/mol. The van der Waals surface area contributed by atoms with E-state index >= 15 is 0 Å². The molecule has 2 heterocycles. The second-order valence-electron chi connectivity index (χ2n) is 6.28. The average molecular weight is 327 g/mol. The van der Waals surface area contributed by atoms with Crippen molar-refractivity contribution in [3.05, 3.63) is 23.0 Å². The zero-order valence-electron chi connectivity index (χ0n) is 13.5. The van der Waals surface area contributed by atoms with Crippen molar-refractivity contribution in [1.82, 2.24) is 14.6 Å². The van der Waals surface area contributed by atoms with Gasteiger partial charge in [0.15, 0.2) is 5.78 Å². The van der Waals surface area contributed by atoms with E-state index in [2.05, 4.69) is 14.6 Å². The van der Waals surface area contributed by atoms with Gasteiger partial charge in [-0.1, -0.05) is 0 Å². The lowest BCUT2D eigenvalue weighted by atomic mass is 9.98. The van der Waals surface area contributed by atoms with Crippen LogP contribution in [0.25, 0.3) is 0 Å². The summed E-state index contributed by atoms with van der Waals surface area (Å²) < 4.78 is 24.9. The minimum atomic E-state index is -3.15. The SMILES string of the molecule is Cc1cc(C(=O)CN2CCC[C@H](CNS(C)(=O)=O)C2)c(C)[nH]1. The van der Waals surface area contributed by atoms with Crippen LogP contribution in [0.15, 0.2) is 6.07 Å². The molecule has 22 heavy (non-hydrogen) atoms. The topological polar surface area (TPSA) is 82.3 Å². The molecule has 1 aliphatic heterocycles. The average Bonchev–Trinajstić information content (AvgIpc) is 2.75. The first-order valence-corrected chi connectivity index (χ1v) is 9.50. The third kappa shape index (κ3) is 4.93. The van der Waals surface area contributed by atoms with Gasteiger partial charge < -0.3 is 4.98 Å². The van der Waals surface area contributed by atoms with Crippen molar-refractivity contribution in [2.45, 2.75) is 26.7 Å². The van der Waals surface area contributed by atoms with E-state index in [9.17, 15) is 13.2 Å². The number of Topliss-reactive ketones (excluding diaryl/α,β-unsaturated/α-hetero) is 1. The number of nitrogens with zero attached hydrogens (tertiary/aromatic N) is 1. The van der Waals surface area contributed by atoms with Gasteiger partial charge in [-0.2, -0.15) is 0 Å². The molecule has 124 valence electrons. The highest BCUT2D eigenvalue weighted by atomic mass is 32.2. The molecule has 0 spiro atoms. The maximum Gasteiger partial charge on any atom is 0.208 e. The van der Waals surface area contributed by atoms with Gasteiger partial charge in [0.05, 0.1) is 12.8 Å². The van der Waals surface area contributed by atoms with Crippen molar-refractivity contribution in [3.8, 4) is 0 Å². The highest BCUT2D eigenvalue weighted by molar-refractivity contribution is 7.88. The molecule has 0 bridgehead atoms. The Balaban J connectivity index is 1.90. The molecular formula is C15H25N3O3S. The van der Waals surface area contributed by atoms with Crippen LogP contribution in [0.3, 0.4) is 0 Å². The van der Waals surface area contributed by atoms with Crippen molar-refractivity contribution in [1.29, 1.82) is 0 Å². The molecule has 1 saturated heterocycles. The summed E-state index contributed by atoms with van der Waals surface area (Å²) in [4.78, 5) is 17.7. The molecule has 1 atom stereocenters. The maximum atomic E-state index is 12.4. The zero-order valence-corrected chi connectivity index (χ0v) is 14.3. The van der Waals surface area contributed by atoms with E-state index in [-0.39, 0.29) is 11.7 Å². The van der Waals surface area contributed by atoms with Gasteiger partial charge in [0, 0.05) is 30.0 Å². The summed E-state index contributed by atoms with van der Waals surface area (Å²) in [5, 5.41) is 0. The molecule has 2 N–H and O–H groups in total. The highest BCUT2D eigenvalue weighted by Gasteiger charge is 2.23. The molecule has 6 nitrogen and oxygen atoms in total. The molecule has 1 fully saturated rings. The second kappa shape index (κ2) is 6.93. The van der Waals surface area contributed by atoms with E-state index in [0.29, 0.717) is 13.1 Å². The number of H-pyrrole nitrogens is 1. The summed E-state index contributed by atoms with van der Waals surface area (Å²) in [7, 11) is -3.15. The highest BCUT2D eigenvalue weighted by Crippen LogP contribution is 2.17. The van der Waals surface area contributed by atoms with E-state index in [1.165, 1.54) is 6.26 Å². The first-order chi connectivity index (χ1) is 10.2. The fraction of sp³-hybridized carbons (Fsp3) is 0.667. The molecule has 0 amide bonds. The van der Waals surface area contributed by atoms with Gasteiger partial charge in [-0.15, -0.1) is 0 Å². The van der Waals surface area contributed by atoms with Gasteiger partial charge >= 0.3 is 0 Å². The van der Waals surface area contributed by atoms with Gasteiger partial charge in [0.25, 0.3) is 0 Å². The van der Waals surface area contributed by atoms with Crippen LogP contribution in [0.2, 0.25) is 0 Å². The van der Waals surface area contributed by atoms with Crippen LogP contribution < -0.4 is 4.72 Å². The van der Waals surface area contributed by atoms with Gasteiger partial charge in [-0.25, -0.2) is 13.1 Å². The van der Waals surface area contributed by atoms with Gasteiger partial charge in [-0.05, 0) is 45.2 Å². The number of hydrogen-bond acceptors (Lipinski definition) is 4. The molecule has 1 aliphatic rings. The number of aryl methyl sites for hydroxylation is 2. The van der Waals surface area contributed by atoms with E-state index in [4.69, 9.17) is 0 Å². The molecule has 1 aromatic rings. The predicted octanol–water partition coefficient (Wildman–Crippen LogP) is 1.08. The number of likely N-dealkylation sites (tertiary alicyclic amines) is 1. The summed E-state index contributed by atoms with van der Waals surface area (Å²) in [5.74, 6) is 0.393. The first kappa shape index (κ1) is 17.2. The van der Waals surface area contributed by atoms with Crippen LogP contribution >= 0.6 is 0 Å². The Bertz CT molecular complexity index is 636. The Morgan fingerprint density at radius 3 is 2.77 bits per heavy atom. The van der Waals surface area contributed by atoms with Gasteiger partial charge in [0.1, 0.15) is 0 Å². The number of aromatic nitrogens is 1. The standard InChI is InChI=1S/C15H25N3O3S/c1-11-7-14(12(2)17-11)15(19)10-18-6-4-5-13(9-18)8-16-22(3,20)21/h7,13,16-17H,4-6,8-10H2,1-3H3/t13-/m1/s1. The number of hydrogen-bond donors (Lipinski definition) is 2.